The molecule has 5 heteroatoms. The molecule has 2 rings (SSSR count). The topological polar surface area (TPSA) is 49.8 Å². The molecule has 0 radical (unpaired) electrons. The number of fused-ring (bicyclic) bond motifs is 1. The van der Waals surface area contributed by atoms with Gasteiger partial charge in [0, 0.05) is 19.1 Å². The summed E-state index contributed by atoms with van der Waals surface area (Å²) >= 11 is 5.80. The van der Waals surface area contributed by atoms with Crippen molar-refractivity contribution in [2.45, 2.75) is 43.2 Å². The standard InChI is InChI=1S/C11H18ClNO3/c12-8(11(14)15)7-13-5-6-16-10-4-2-1-3-9(10)13/h8-10H,1-7H2,(H,14,15). The lowest BCUT2D eigenvalue weighted by Crippen LogP contribution is -2.54. The Bertz CT molecular complexity index is 260. The Kier molecular flexibility index (Phi) is 4.05. The first-order chi connectivity index (χ1) is 7.68. The Morgan fingerprint density at radius 2 is 2.25 bits per heavy atom. The third-order valence-electron chi connectivity index (χ3n) is 3.51. The van der Waals surface area contributed by atoms with Crippen molar-refractivity contribution in [3.63, 3.8) is 0 Å². The summed E-state index contributed by atoms with van der Waals surface area (Å²) in [4.78, 5) is 12.9. The van der Waals surface area contributed by atoms with Crippen LogP contribution in [0.1, 0.15) is 25.7 Å². The fourth-order valence-electron chi connectivity index (χ4n) is 2.69. The van der Waals surface area contributed by atoms with Gasteiger partial charge in [0.2, 0.25) is 0 Å². The van der Waals surface area contributed by atoms with Crippen LogP contribution in [-0.4, -0.2) is 53.2 Å². The lowest BCUT2D eigenvalue weighted by atomic mass is 9.90. The summed E-state index contributed by atoms with van der Waals surface area (Å²) < 4.78 is 5.72. The first kappa shape index (κ1) is 12.1. The Morgan fingerprint density at radius 1 is 1.50 bits per heavy atom. The molecule has 0 aromatic heterocycles. The highest BCUT2D eigenvalue weighted by Gasteiger charge is 2.35. The summed E-state index contributed by atoms with van der Waals surface area (Å²) in [5.41, 5.74) is 0. The number of rotatable bonds is 3. The number of carboxylic acids is 1. The number of nitrogens with zero attached hydrogens (tertiary/aromatic N) is 1. The van der Waals surface area contributed by atoms with Crippen molar-refractivity contribution in [3.05, 3.63) is 0 Å². The van der Waals surface area contributed by atoms with E-state index in [0.717, 1.165) is 19.4 Å². The second-order valence-corrected chi connectivity index (χ2v) is 5.09. The number of halogens is 1. The van der Waals surface area contributed by atoms with Gasteiger partial charge in [-0.15, -0.1) is 11.6 Å². The van der Waals surface area contributed by atoms with Gasteiger partial charge in [-0.1, -0.05) is 12.8 Å². The maximum Gasteiger partial charge on any atom is 0.322 e. The zero-order valence-electron chi connectivity index (χ0n) is 9.27. The van der Waals surface area contributed by atoms with Crippen LogP contribution in [0.2, 0.25) is 0 Å². The highest BCUT2D eigenvalue weighted by Crippen LogP contribution is 2.28. The van der Waals surface area contributed by atoms with Gasteiger partial charge in [0.1, 0.15) is 5.38 Å². The van der Waals surface area contributed by atoms with Crippen molar-refractivity contribution < 1.29 is 14.6 Å². The number of carbonyl (C=O) groups is 1. The molecular weight excluding hydrogens is 230 g/mol. The molecule has 0 bridgehead atoms. The van der Waals surface area contributed by atoms with Crippen LogP contribution in [-0.2, 0) is 9.53 Å². The van der Waals surface area contributed by atoms with Gasteiger partial charge < -0.3 is 9.84 Å². The van der Waals surface area contributed by atoms with Crippen molar-refractivity contribution in [2.24, 2.45) is 0 Å². The molecule has 0 aromatic rings. The van der Waals surface area contributed by atoms with Crippen LogP contribution < -0.4 is 0 Å². The van der Waals surface area contributed by atoms with E-state index >= 15 is 0 Å². The van der Waals surface area contributed by atoms with Gasteiger partial charge >= 0.3 is 5.97 Å². The van der Waals surface area contributed by atoms with Crippen molar-refractivity contribution in [1.29, 1.82) is 0 Å². The summed E-state index contributed by atoms with van der Waals surface area (Å²) in [7, 11) is 0. The van der Waals surface area contributed by atoms with Crippen LogP contribution >= 0.6 is 11.6 Å². The maximum atomic E-state index is 10.7. The highest BCUT2D eigenvalue weighted by molar-refractivity contribution is 6.29. The fourth-order valence-corrected chi connectivity index (χ4v) is 2.86. The number of morpholine rings is 1. The molecule has 1 heterocycles. The number of hydrogen-bond acceptors (Lipinski definition) is 3. The minimum atomic E-state index is -0.930. The fraction of sp³-hybridized carbons (Fsp3) is 0.909. The van der Waals surface area contributed by atoms with E-state index in [1.165, 1.54) is 12.8 Å². The number of hydrogen-bond donors (Lipinski definition) is 1. The van der Waals surface area contributed by atoms with Crippen LogP contribution in [0.5, 0.6) is 0 Å². The average molecular weight is 248 g/mol. The molecule has 16 heavy (non-hydrogen) atoms. The highest BCUT2D eigenvalue weighted by atomic mass is 35.5. The second kappa shape index (κ2) is 5.34. The first-order valence-corrected chi connectivity index (χ1v) is 6.34. The van der Waals surface area contributed by atoms with E-state index in [4.69, 9.17) is 21.4 Å². The third-order valence-corrected chi connectivity index (χ3v) is 3.83. The van der Waals surface area contributed by atoms with Crippen LogP contribution in [0.25, 0.3) is 0 Å². The Hall–Kier alpha value is -0.320. The number of alkyl halides is 1. The summed E-state index contributed by atoms with van der Waals surface area (Å²) in [6, 6.07) is 0.378. The molecular formula is C11H18ClNO3. The van der Waals surface area contributed by atoms with Gasteiger partial charge in [0.05, 0.1) is 12.7 Å². The zero-order valence-corrected chi connectivity index (χ0v) is 10.0. The van der Waals surface area contributed by atoms with Gasteiger partial charge in [-0.05, 0) is 12.8 Å². The number of ether oxygens (including phenoxy) is 1. The van der Waals surface area contributed by atoms with E-state index < -0.39 is 11.3 Å². The molecule has 1 N–H and O–H groups in total. The summed E-state index contributed by atoms with van der Waals surface area (Å²) in [6.07, 6.45) is 4.93. The van der Waals surface area contributed by atoms with Crippen molar-refractivity contribution in [1.82, 2.24) is 4.90 Å². The molecule has 1 aliphatic carbocycles. The minimum Gasteiger partial charge on any atom is -0.480 e. The second-order valence-electron chi connectivity index (χ2n) is 4.56. The van der Waals surface area contributed by atoms with E-state index in [0.29, 0.717) is 25.3 Å². The van der Waals surface area contributed by atoms with Crippen LogP contribution in [0.15, 0.2) is 0 Å². The summed E-state index contributed by atoms with van der Waals surface area (Å²) in [5.74, 6) is -0.930. The molecule has 92 valence electrons. The Morgan fingerprint density at radius 3 is 3.00 bits per heavy atom. The first-order valence-electron chi connectivity index (χ1n) is 5.91. The van der Waals surface area contributed by atoms with E-state index in [1.54, 1.807) is 0 Å². The molecule has 0 amide bonds. The lowest BCUT2D eigenvalue weighted by molar-refractivity contribution is -0.138. The third kappa shape index (κ3) is 2.67. The van der Waals surface area contributed by atoms with E-state index in [9.17, 15) is 4.79 Å². The van der Waals surface area contributed by atoms with Gasteiger partial charge in [-0.3, -0.25) is 9.69 Å². The average Bonchev–Trinajstić information content (AvgIpc) is 2.29. The predicted octanol–water partition coefficient (Wildman–Crippen LogP) is 1.32. The monoisotopic (exact) mass is 247 g/mol. The molecule has 2 aliphatic rings. The molecule has 3 atom stereocenters. The molecule has 4 nitrogen and oxygen atoms in total. The van der Waals surface area contributed by atoms with Crippen LogP contribution in [0.4, 0.5) is 0 Å². The molecule has 0 spiro atoms. The van der Waals surface area contributed by atoms with Gasteiger partial charge in [0.15, 0.2) is 0 Å². The van der Waals surface area contributed by atoms with Gasteiger partial charge in [0.25, 0.3) is 0 Å². The maximum absolute atomic E-state index is 10.7. The summed E-state index contributed by atoms with van der Waals surface area (Å²) in [6.45, 7) is 1.93. The number of carboxylic acid groups (broad SMARTS) is 1. The van der Waals surface area contributed by atoms with Crippen LogP contribution in [0, 0.1) is 0 Å². The van der Waals surface area contributed by atoms with Gasteiger partial charge in [-0.2, -0.15) is 0 Å². The lowest BCUT2D eigenvalue weighted by Gasteiger charge is -2.44. The van der Waals surface area contributed by atoms with Crippen molar-refractivity contribution >= 4 is 17.6 Å². The van der Waals surface area contributed by atoms with E-state index in [2.05, 4.69) is 4.90 Å². The summed E-state index contributed by atoms with van der Waals surface area (Å²) in [5, 5.41) is 8.01. The molecule has 2 fully saturated rings. The van der Waals surface area contributed by atoms with Crippen molar-refractivity contribution in [3.8, 4) is 0 Å². The molecule has 0 aromatic carbocycles. The predicted molar refractivity (Wildman–Crippen MR) is 60.8 cm³/mol. The Labute approximate surface area is 101 Å². The smallest absolute Gasteiger partial charge is 0.322 e. The molecule has 1 saturated carbocycles. The zero-order chi connectivity index (χ0) is 11.5. The van der Waals surface area contributed by atoms with Crippen molar-refractivity contribution in [2.75, 3.05) is 19.7 Å². The van der Waals surface area contributed by atoms with Crippen LogP contribution in [0.3, 0.4) is 0 Å². The minimum absolute atomic E-state index is 0.292. The Balaban J connectivity index is 1.94. The largest absolute Gasteiger partial charge is 0.480 e. The molecule has 3 unspecified atom stereocenters. The quantitative estimate of drug-likeness (QED) is 0.765. The van der Waals surface area contributed by atoms with Gasteiger partial charge in [-0.25, -0.2) is 0 Å². The SMILES string of the molecule is O=C(O)C(Cl)CN1CCOC2CCCCC21. The molecule has 1 aliphatic heterocycles. The normalized spacial score (nSPS) is 33.1. The molecule has 1 saturated heterocycles. The van der Waals surface area contributed by atoms with E-state index in [-0.39, 0.29) is 0 Å². The van der Waals surface area contributed by atoms with E-state index in [1.807, 2.05) is 0 Å². The number of aliphatic carboxylic acids is 1.